The number of aliphatic carboxylic acids is 1. The molecule has 0 fully saturated rings. The van der Waals surface area contributed by atoms with E-state index in [0.717, 1.165) is 0 Å². The number of amides is 2. The van der Waals surface area contributed by atoms with Crippen LogP contribution in [0, 0.1) is 17.8 Å². The summed E-state index contributed by atoms with van der Waals surface area (Å²) in [5.74, 6) is -0.397. The highest BCUT2D eigenvalue weighted by Crippen LogP contribution is 2.10. The maximum absolute atomic E-state index is 12.0. The molecule has 0 heterocycles. The smallest absolute Gasteiger partial charge is 0.306 e. The van der Waals surface area contributed by atoms with Crippen LogP contribution in [0.1, 0.15) is 16.8 Å². The SMILES string of the molecule is C#CC(CC(=O)O)NC(=O)CNC(=O)c1cccc(NC(=N)N)c1. The zero-order valence-corrected chi connectivity index (χ0v) is 12.6. The van der Waals surface area contributed by atoms with Crippen molar-refractivity contribution in [2.24, 2.45) is 5.73 Å². The molecule has 0 aliphatic rings. The molecule has 9 heteroatoms. The summed E-state index contributed by atoms with van der Waals surface area (Å²) in [6.45, 7) is -0.360. The van der Waals surface area contributed by atoms with Crippen LogP contribution < -0.4 is 21.7 Å². The zero-order valence-electron chi connectivity index (χ0n) is 12.6. The van der Waals surface area contributed by atoms with Crippen LogP contribution in [-0.2, 0) is 9.59 Å². The van der Waals surface area contributed by atoms with Gasteiger partial charge in [-0.3, -0.25) is 19.8 Å². The van der Waals surface area contributed by atoms with Gasteiger partial charge in [-0.15, -0.1) is 6.42 Å². The molecule has 0 bridgehead atoms. The number of rotatable bonds is 7. The van der Waals surface area contributed by atoms with Gasteiger partial charge < -0.3 is 26.8 Å². The molecular formula is C15H17N5O4. The lowest BCUT2D eigenvalue weighted by Gasteiger charge is -2.12. The molecule has 0 radical (unpaired) electrons. The third-order valence-electron chi connectivity index (χ3n) is 2.73. The fraction of sp³-hybridized carbons (Fsp3) is 0.200. The molecule has 1 unspecified atom stereocenters. The molecule has 7 N–H and O–H groups in total. The van der Waals surface area contributed by atoms with Crippen LogP contribution in [0.25, 0.3) is 0 Å². The van der Waals surface area contributed by atoms with Crippen molar-refractivity contribution in [1.29, 1.82) is 5.41 Å². The minimum absolute atomic E-state index is 0.257. The Bertz CT molecular complexity index is 695. The van der Waals surface area contributed by atoms with Crippen LogP contribution in [0.5, 0.6) is 0 Å². The minimum Gasteiger partial charge on any atom is -0.481 e. The summed E-state index contributed by atoms with van der Waals surface area (Å²) < 4.78 is 0. The van der Waals surface area contributed by atoms with Gasteiger partial charge in [0, 0.05) is 11.3 Å². The highest BCUT2D eigenvalue weighted by Gasteiger charge is 2.14. The Balaban J connectivity index is 2.56. The van der Waals surface area contributed by atoms with Gasteiger partial charge in [0.05, 0.1) is 13.0 Å². The lowest BCUT2D eigenvalue weighted by atomic mass is 10.2. The van der Waals surface area contributed by atoms with Crippen molar-refractivity contribution in [1.82, 2.24) is 10.6 Å². The predicted molar refractivity (Wildman–Crippen MR) is 87.3 cm³/mol. The van der Waals surface area contributed by atoms with E-state index in [9.17, 15) is 14.4 Å². The van der Waals surface area contributed by atoms with E-state index in [1.54, 1.807) is 12.1 Å². The Morgan fingerprint density at radius 3 is 2.67 bits per heavy atom. The molecule has 0 aliphatic heterocycles. The maximum atomic E-state index is 12.0. The van der Waals surface area contributed by atoms with Gasteiger partial charge in [0.25, 0.3) is 5.91 Å². The Morgan fingerprint density at radius 1 is 1.38 bits per heavy atom. The molecule has 126 valence electrons. The second kappa shape index (κ2) is 8.79. The molecule has 9 nitrogen and oxygen atoms in total. The minimum atomic E-state index is -1.14. The number of anilines is 1. The third kappa shape index (κ3) is 6.48. The van der Waals surface area contributed by atoms with Crippen molar-refractivity contribution in [3.8, 4) is 12.3 Å². The first-order chi connectivity index (χ1) is 11.3. The van der Waals surface area contributed by atoms with E-state index >= 15 is 0 Å². The van der Waals surface area contributed by atoms with E-state index in [1.807, 2.05) is 0 Å². The van der Waals surface area contributed by atoms with Crippen molar-refractivity contribution < 1.29 is 19.5 Å². The summed E-state index contributed by atoms with van der Waals surface area (Å²) in [6, 6.07) is 5.24. The fourth-order valence-corrected chi connectivity index (χ4v) is 1.73. The average Bonchev–Trinajstić information content (AvgIpc) is 2.51. The van der Waals surface area contributed by atoms with Crippen molar-refractivity contribution in [2.75, 3.05) is 11.9 Å². The van der Waals surface area contributed by atoms with Crippen LogP contribution in [0.3, 0.4) is 0 Å². The first-order valence-electron chi connectivity index (χ1n) is 6.78. The predicted octanol–water partition coefficient (Wildman–Crippen LogP) is -0.686. The topological polar surface area (TPSA) is 157 Å². The number of nitrogens with two attached hydrogens (primary N) is 1. The van der Waals surface area contributed by atoms with Gasteiger partial charge in [-0.05, 0) is 18.2 Å². The molecular weight excluding hydrogens is 314 g/mol. The van der Waals surface area contributed by atoms with Gasteiger partial charge in [-0.25, -0.2) is 0 Å². The van der Waals surface area contributed by atoms with Crippen LogP contribution in [0.15, 0.2) is 24.3 Å². The number of benzene rings is 1. The third-order valence-corrected chi connectivity index (χ3v) is 2.73. The Morgan fingerprint density at radius 2 is 2.08 bits per heavy atom. The number of terminal acetylenes is 1. The lowest BCUT2D eigenvalue weighted by molar-refractivity contribution is -0.137. The van der Waals surface area contributed by atoms with E-state index in [2.05, 4.69) is 21.9 Å². The first-order valence-corrected chi connectivity index (χ1v) is 6.78. The zero-order chi connectivity index (χ0) is 18.1. The quantitative estimate of drug-likeness (QED) is 0.221. The number of nitrogens with one attached hydrogen (secondary N) is 4. The molecule has 0 aromatic heterocycles. The summed E-state index contributed by atoms with van der Waals surface area (Å²) >= 11 is 0. The number of carboxylic acid groups (broad SMARTS) is 1. The van der Waals surface area contributed by atoms with E-state index in [-0.39, 0.29) is 18.1 Å². The van der Waals surface area contributed by atoms with Crippen LogP contribution in [0.2, 0.25) is 0 Å². The summed E-state index contributed by atoms with van der Waals surface area (Å²) in [7, 11) is 0. The van der Waals surface area contributed by atoms with Crippen LogP contribution in [-0.4, -0.2) is 41.4 Å². The molecule has 0 saturated carbocycles. The molecule has 0 spiro atoms. The van der Waals surface area contributed by atoms with E-state index in [1.165, 1.54) is 12.1 Å². The summed E-state index contributed by atoms with van der Waals surface area (Å²) in [4.78, 5) is 34.2. The van der Waals surface area contributed by atoms with Crippen LogP contribution in [0.4, 0.5) is 5.69 Å². The summed E-state index contributed by atoms with van der Waals surface area (Å²) in [5, 5.41) is 23.0. The highest BCUT2D eigenvalue weighted by molar-refractivity contribution is 5.98. The largest absolute Gasteiger partial charge is 0.481 e. The van der Waals surface area contributed by atoms with Gasteiger partial charge in [0.2, 0.25) is 5.91 Å². The molecule has 1 atom stereocenters. The standard InChI is InChI=1S/C15H17N5O4/c1-2-10(7-13(22)23)19-12(21)8-18-14(24)9-4-3-5-11(6-9)20-15(16)17/h1,3-6,10H,7-8H2,(H,18,24)(H,19,21)(H,22,23)(H4,16,17,20). The molecule has 2 amide bonds. The number of hydrogen-bond acceptors (Lipinski definition) is 4. The number of guanidine groups is 1. The van der Waals surface area contributed by atoms with Gasteiger partial charge >= 0.3 is 5.97 Å². The average molecular weight is 331 g/mol. The molecule has 0 aliphatic carbocycles. The number of hydrogen-bond donors (Lipinski definition) is 6. The normalized spacial score (nSPS) is 10.8. The second-order valence-electron chi connectivity index (χ2n) is 4.69. The van der Waals surface area contributed by atoms with E-state index in [0.29, 0.717) is 5.69 Å². The molecule has 24 heavy (non-hydrogen) atoms. The number of carboxylic acids is 1. The van der Waals surface area contributed by atoms with Gasteiger partial charge in [-0.1, -0.05) is 12.0 Å². The van der Waals surface area contributed by atoms with Gasteiger partial charge in [0.15, 0.2) is 5.96 Å². The monoisotopic (exact) mass is 331 g/mol. The van der Waals surface area contributed by atoms with Gasteiger partial charge in [-0.2, -0.15) is 0 Å². The van der Waals surface area contributed by atoms with E-state index < -0.39 is 30.2 Å². The fourth-order valence-electron chi connectivity index (χ4n) is 1.73. The van der Waals surface area contributed by atoms with E-state index in [4.69, 9.17) is 22.7 Å². The maximum Gasteiger partial charge on any atom is 0.306 e. The number of carbonyl (C=O) groups excluding carboxylic acids is 2. The van der Waals surface area contributed by atoms with Crippen molar-refractivity contribution >= 4 is 29.4 Å². The van der Waals surface area contributed by atoms with Crippen molar-refractivity contribution in [3.05, 3.63) is 29.8 Å². The second-order valence-corrected chi connectivity index (χ2v) is 4.69. The summed E-state index contributed by atoms with van der Waals surface area (Å²) in [5.41, 5.74) is 5.91. The molecule has 1 aromatic carbocycles. The van der Waals surface area contributed by atoms with Gasteiger partial charge in [0.1, 0.15) is 6.04 Å². The summed E-state index contributed by atoms with van der Waals surface area (Å²) in [6.07, 6.45) is 4.72. The number of carbonyl (C=O) groups is 3. The highest BCUT2D eigenvalue weighted by atomic mass is 16.4. The Labute approximate surface area is 138 Å². The first kappa shape index (κ1) is 18.5. The lowest BCUT2D eigenvalue weighted by Crippen LogP contribution is -2.42. The Hall–Kier alpha value is -3.54. The molecule has 1 aromatic rings. The molecule has 1 rings (SSSR count). The Kier molecular flexibility index (Phi) is 6.78. The van der Waals surface area contributed by atoms with Crippen LogP contribution >= 0.6 is 0 Å². The molecule has 0 saturated heterocycles. The van der Waals surface area contributed by atoms with Crippen molar-refractivity contribution in [2.45, 2.75) is 12.5 Å². The van der Waals surface area contributed by atoms with Crippen molar-refractivity contribution in [3.63, 3.8) is 0 Å².